The number of ether oxygens (including phenoxy) is 2. The summed E-state index contributed by atoms with van der Waals surface area (Å²) in [5.41, 5.74) is 0.997. The highest BCUT2D eigenvalue weighted by atomic mass is 79.9. The molecule has 0 saturated heterocycles. The first-order valence-corrected chi connectivity index (χ1v) is 5.10. The molecule has 1 rings (SSSR count). The average molecular weight is 261 g/mol. The highest BCUT2D eigenvalue weighted by Gasteiger charge is 2.12. The quantitative estimate of drug-likeness (QED) is 0.850. The molecule has 0 aromatic heterocycles. The zero-order chi connectivity index (χ0) is 10.7. The van der Waals surface area contributed by atoms with Gasteiger partial charge in [-0.2, -0.15) is 0 Å². The second-order valence-electron chi connectivity index (χ2n) is 2.89. The summed E-state index contributed by atoms with van der Waals surface area (Å²) in [6.07, 6.45) is 0. The summed E-state index contributed by atoms with van der Waals surface area (Å²) in [6, 6.07) is 3.55. The largest absolute Gasteiger partial charge is 0.502 e. The summed E-state index contributed by atoms with van der Waals surface area (Å²) >= 11 is 3.44. The molecular formula is C10H13BrO3. The highest BCUT2D eigenvalue weighted by molar-refractivity contribution is 9.09. The van der Waals surface area contributed by atoms with E-state index in [0.717, 1.165) is 5.56 Å². The van der Waals surface area contributed by atoms with Crippen molar-refractivity contribution >= 4 is 15.9 Å². The van der Waals surface area contributed by atoms with Crippen LogP contribution in [0.4, 0.5) is 0 Å². The molecule has 0 radical (unpaired) electrons. The number of rotatable bonds is 3. The first-order chi connectivity index (χ1) is 6.60. The van der Waals surface area contributed by atoms with Crippen molar-refractivity contribution in [2.24, 2.45) is 0 Å². The number of hydrogen-bond acceptors (Lipinski definition) is 3. The lowest BCUT2D eigenvalue weighted by Crippen LogP contribution is -1.92. The van der Waals surface area contributed by atoms with Gasteiger partial charge in [0.05, 0.1) is 14.2 Å². The molecule has 0 fully saturated rings. The molecule has 1 aromatic rings. The Hall–Kier alpha value is -0.900. The molecule has 14 heavy (non-hydrogen) atoms. The van der Waals surface area contributed by atoms with Crippen LogP contribution in [0.5, 0.6) is 17.2 Å². The Labute approximate surface area is 91.8 Å². The molecule has 0 bridgehead atoms. The Kier molecular flexibility index (Phi) is 3.63. The van der Waals surface area contributed by atoms with Gasteiger partial charge in [0.25, 0.3) is 0 Å². The van der Waals surface area contributed by atoms with Crippen LogP contribution in [0.1, 0.15) is 17.3 Å². The minimum absolute atomic E-state index is 0.0342. The predicted octanol–water partition coefficient (Wildman–Crippen LogP) is 2.87. The lowest BCUT2D eigenvalue weighted by molar-refractivity contribution is 0.339. The smallest absolute Gasteiger partial charge is 0.200 e. The summed E-state index contributed by atoms with van der Waals surface area (Å²) in [4.78, 5) is 0.186. The fraction of sp³-hybridized carbons (Fsp3) is 0.400. The molecule has 1 atom stereocenters. The highest BCUT2D eigenvalue weighted by Crippen LogP contribution is 2.39. The van der Waals surface area contributed by atoms with Crippen LogP contribution in [0.2, 0.25) is 0 Å². The van der Waals surface area contributed by atoms with Crippen molar-refractivity contribution in [2.75, 3.05) is 14.2 Å². The van der Waals surface area contributed by atoms with E-state index in [1.807, 2.05) is 6.92 Å². The van der Waals surface area contributed by atoms with Crippen molar-refractivity contribution in [3.05, 3.63) is 17.7 Å². The lowest BCUT2D eigenvalue weighted by atomic mass is 10.1. The SMILES string of the molecule is COc1cc(C(C)Br)cc(OC)c1O. The van der Waals surface area contributed by atoms with Crippen LogP contribution in [-0.2, 0) is 0 Å². The first kappa shape index (κ1) is 11.2. The van der Waals surface area contributed by atoms with E-state index in [2.05, 4.69) is 15.9 Å². The van der Waals surface area contributed by atoms with Gasteiger partial charge in [0.1, 0.15) is 0 Å². The van der Waals surface area contributed by atoms with E-state index in [1.54, 1.807) is 12.1 Å². The van der Waals surface area contributed by atoms with E-state index >= 15 is 0 Å². The Balaban J connectivity index is 3.25. The monoisotopic (exact) mass is 260 g/mol. The van der Waals surface area contributed by atoms with Gasteiger partial charge in [0.2, 0.25) is 5.75 Å². The van der Waals surface area contributed by atoms with Crippen LogP contribution in [0.25, 0.3) is 0 Å². The standard InChI is InChI=1S/C10H13BrO3/c1-6(11)7-4-8(13-2)10(12)9(5-7)14-3/h4-6,12H,1-3H3. The summed E-state index contributed by atoms with van der Waals surface area (Å²) in [5.74, 6) is 0.878. The predicted molar refractivity (Wildman–Crippen MR) is 58.6 cm³/mol. The van der Waals surface area contributed by atoms with Crippen molar-refractivity contribution in [2.45, 2.75) is 11.8 Å². The van der Waals surface area contributed by atoms with Gasteiger partial charge in [-0.05, 0) is 24.6 Å². The van der Waals surface area contributed by atoms with Crippen molar-refractivity contribution in [1.82, 2.24) is 0 Å². The summed E-state index contributed by atoms with van der Waals surface area (Å²) < 4.78 is 10.1. The zero-order valence-electron chi connectivity index (χ0n) is 8.37. The van der Waals surface area contributed by atoms with Gasteiger partial charge in [-0.15, -0.1) is 0 Å². The second-order valence-corrected chi connectivity index (χ2v) is 4.26. The molecule has 1 N–H and O–H groups in total. The summed E-state index contributed by atoms with van der Waals surface area (Å²) in [5, 5.41) is 9.63. The molecule has 1 unspecified atom stereocenters. The van der Waals surface area contributed by atoms with Gasteiger partial charge in [-0.1, -0.05) is 15.9 Å². The number of hydrogen-bond donors (Lipinski definition) is 1. The average Bonchev–Trinajstić information content (AvgIpc) is 2.17. The topological polar surface area (TPSA) is 38.7 Å². The molecule has 0 heterocycles. The number of phenols is 1. The van der Waals surface area contributed by atoms with Crippen LogP contribution >= 0.6 is 15.9 Å². The van der Waals surface area contributed by atoms with Gasteiger partial charge in [0, 0.05) is 4.83 Å². The fourth-order valence-corrected chi connectivity index (χ4v) is 1.41. The summed E-state index contributed by atoms with van der Waals surface area (Å²) in [7, 11) is 3.02. The molecule has 0 aliphatic carbocycles. The molecule has 0 spiro atoms. The molecule has 0 saturated carbocycles. The van der Waals surface area contributed by atoms with Gasteiger partial charge < -0.3 is 14.6 Å². The normalized spacial score (nSPS) is 12.3. The summed E-state index contributed by atoms with van der Waals surface area (Å²) in [6.45, 7) is 1.99. The van der Waals surface area contributed by atoms with Crippen LogP contribution < -0.4 is 9.47 Å². The molecule has 1 aromatic carbocycles. The van der Waals surface area contributed by atoms with Crippen molar-refractivity contribution in [1.29, 1.82) is 0 Å². The van der Waals surface area contributed by atoms with Gasteiger partial charge in [0.15, 0.2) is 11.5 Å². The number of aromatic hydroxyl groups is 1. The third-order valence-corrected chi connectivity index (χ3v) is 2.49. The van der Waals surface area contributed by atoms with Crippen molar-refractivity contribution < 1.29 is 14.6 Å². The van der Waals surface area contributed by atoms with Crippen LogP contribution in [0, 0.1) is 0 Å². The van der Waals surface area contributed by atoms with Gasteiger partial charge in [-0.25, -0.2) is 0 Å². The third kappa shape index (κ3) is 2.12. The van der Waals surface area contributed by atoms with E-state index < -0.39 is 0 Å². The van der Waals surface area contributed by atoms with E-state index in [9.17, 15) is 5.11 Å². The molecule has 4 heteroatoms. The number of alkyl halides is 1. The lowest BCUT2D eigenvalue weighted by Gasteiger charge is -2.12. The maximum absolute atomic E-state index is 9.63. The van der Waals surface area contributed by atoms with Crippen LogP contribution in [0.15, 0.2) is 12.1 Å². The van der Waals surface area contributed by atoms with Gasteiger partial charge >= 0.3 is 0 Å². The minimum atomic E-state index is 0.0342. The zero-order valence-corrected chi connectivity index (χ0v) is 9.96. The van der Waals surface area contributed by atoms with E-state index in [4.69, 9.17) is 9.47 Å². The maximum Gasteiger partial charge on any atom is 0.200 e. The Morgan fingerprint density at radius 3 is 1.93 bits per heavy atom. The Morgan fingerprint density at radius 2 is 1.64 bits per heavy atom. The van der Waals surface area contributed by atoms with E-state index in [1.165, 1.54) is 14.2 Å². The maximum atomic E-state index is 9.63. The molecule has 0 aliphatic heterocycles. The molecule has 0 amide bonds. The number of halogens is 1. The van der Waals surface area contributed by atoms with E-state index in [0.29, 0.717) is 11.5 Å². The molecular weight excluding hydrogens is 248 g/mol. The first-order valence-electron chi connectivity index (χ1n) is 4.19. The number of benzene rings is 1. The fourth-order valence-electron chi connectivity index (χ4n) is 1.14. The molecule has 3 nitrogen and oxygen atoms in total. The van der Waals surface area contributed by atoms with Crippen molar-refractivity contribution in [3.8, 4) is 17.2 Å². The minimum Gasteiger partial charge on any atom is -0.502 e. The Morgan fingerprint density at radius 1 is 1.21 bits per heavy atom. The second kappa shape index (κ2) is 4.55. The van der Waals surface area contributed by atoms with Crippen molar-refractivity contribution in [3.63, 3.8) is 0 Å². The van der Waals surface area contributed by atoms with Crippen LogP contribution in [-0.4, -0.2) is 19.3 Å². The van der Waals surface area contributed by atoms with Gasteiger partial charge in [-0.3, -0.25) is 0 Å². The third-order valence-electron chi connectivity index (χ3n) is 1.96. The van der Waals surface area contributed by atoms with Crippen LogP contribution in [0.3, 0.4) is 0 Å². The number of methoxy groups -OCH3 is 2. The Bertz CT molecular complexity index is 298. The van der Waals surface area contributed by atoms with E-state index in [-0.39, 0.29) is 10.6 Å². The number of phenolic OH excluding ortho intramolecular Hbond substituents is 1. The molecule has 78 valence electrons. The molecule has 0 aliphatic rings.